The molecule has 8 heavy (non-hydrogen) atoms. The molecule has 1 heteroatoms. The molecule has 0 atom stereocenters. The second-order valence-electron chi connectivity index (χ2n) is 1.79. The molecule has 0 spiro atoms. The summed E-state index contributed by atoms with van der Waals surface area (Å²) in [5.41, 5.74) is 10.2. The van der Waals surface area contributed by atoms with Crippen LogP contribution in [0.5, 0.6) is 0 Å². The molecule has 1 nitrogen and oxygen atoms in total. The van der Waals surface area contributed by atoms with E-state index in [1.165, 1.54) is 0 Å². The van der Waals surface area contributed by atoms with Gasteiger partial charge < -0.3 is 0 Å². The molecule has 0 N–H and O–H groups in total. The summed E-state index contributed by atoms with van der Waals surface area (Å²) in [6, 6.07) is 7.25. The molecule has 0 amide bonds. The molecular weight excluding hydrogens is 98.1 g/mol. The Hall–Kier alpha value is -0.980. The van der Waals surface area contributed by atoms with Gasteiger partial charge in [0.2, 0.25) is 0 Å². The van der Waals surface area contributed by atoms with Crippen molar-refractivity contribution >= 4 is 5.69 Å². The van der Waals surface area contributed by atoms with Crippen LogP contribution in [-0.4, -0.2) is 0 Å². The minimum atomic E-state index is 0.368. The van der Waals surface area contributed by atoms with Crippen LogP contribution < -0.4 is 5.73 Å². The van der Waals surface area contributed by atoms with E-state index in [4.69, 9.17) is 5.73 Å². The van der Waals surface area contributed by atoms with Crippen LogP contribution in [0.2, 0.25) is 0 Å². The summed E-state index contributed by atoms with van der Waals surface area (Å²) < 4.78 is 0. The second kappa shape index (κ2) is 1.86. The zero-order valence-electron chi connectivity index (χ0n) is 4.76. The summed E-state index contributed by atoms with van der Waals surface area (Å²) >= 11 is 0. The largest absolute Gasteiger partial charge is 0.150 e. The Balaban J connectivity index is 3.13. The number of benzene rings is 1. The smallest absolute Gasteiger partial charge is 0.0886 e. The van der Waals surface area contributed by atoms with E-state index in [9.17, 15) is 0 Å². The highest BCUT2D eigenvalue weighted by Gasteiger charge is 1.87. The maximum absolute atomic E-state index is 8.92. The standard InChI is InChI=1S/C7H7N/c1-6-4-2-3-5-7(6)8/h2-5H,1H3. The van der Waals surface area contributed by atoms with Crippen molar-refractivity contribution in [1.29, 1.82) is 0 Å². The van der Waals surface area contributed by atoms with Crippen molar-refractivity contribution in [3.05, 3.63) is 29.8 Å². The van der Waals surface area contributed by atoms with Crippen molar-refractivity contribution in [2.75, 3.05) is 0 Å². The van der Waals surface area contributed by atoms with Gasteiger partial charge in [0, 0.05) is 0 Å². The molecule has 0 unspecified atom stereocenters. The minimum Gasteiger partial charge on any atom is -0.150 e. The molecule has 0 aliphatic rings. The molecule has 1 rings (SSSR count). The third-order valence-corrected chi connectivity index (χ3v) is 1.12. The Bertz CT molecular complexity index is 160. The van der Waals surface area contributed by atoms with Crippen molar-refractivity contribution in [2.24, 2.45) is 0 Å². The highest BCUT2D eigenvalue weighted by atomic mass is 14.5. The number of nitrogens with zero attached hydrogens (tertiary/aromatic N) is 1. The van der Waals surface area contributed by atoms with Gasteiger partial charge in [0.1, 0.15) is 0 Å². The second-order valence-corrected chi connectivity index (χ2v) is 1.79. The van der Waals surface area contributed by atoms with Gasteiger partial charge in [-0.25, -0.2) is 0 Å². The quantitative estimate of drug-likeness (QED) is 0.479. The zero-order chi connectivity index (χ0) is 5.98. The number of aryl methyl sites for hydroxylation is 1. The molecule has 0 aliphatic heterocycles. The molecule has 0 heterocycles. The Morgan fingerprint density at radius 2 is 1.88 bits per heavy atom. The van der Waals surface area contributed by atoms with Gasteiger partial charge >= 0.3 is 0 Å². The molecular formula is C7H7N. The topological polar surface area (TPSA) is 22.3 Å². The van der Waals surface area contributed by atoms with Crippen molar-refractivity contribution in [3.63, 3.8) is 0 Å². The zero-order valence-corrected chi connectivity index (χ0v) is 4.76. The van der Waals surface area contributed by atoms with Gasteiger partial charge in [0.15, 0.2) is 0 Å². The van der Waals surface area contributed by atoms with E-state index in [2.05, 4.69) is 0 Å². The summed E-state index contributed by atoms with van der Waals surface area (Å²) in [4.78, 5) is 0. The van der Waals surface area contributed by atoms with Gasteiger partial charge in [-0.15, -0.1) is 0 Å². The fourth-order valence-electron chi connectivity index (χ4n) is 0.563. The highest BCUT2D eigenvalue weighted by Crippen LogP contribution is 2.08. The van der Waals surface area contributed by atoms with Crippen LogP contribution in [0.1, 0.15) is 5.56 Å². The SMILES string of the molecule is Cc1ccccc1[N]. The first-order valence-electron chi connectivity index (χ1n) is 2.55. The van der Waals surface area contributed by atoms with E-state index >= 15 is 0 Å². The predicted octanol–water partition coefficient (Wildman–Crippen LogP) is 1.70. The summed E-state index contributed by atoms with van der Waals surface area (Å²) in [5, 5.41) is 0. The lowest BCUT2D eigenvalue weighted by Gasteiger charge is -1.90. The van der Waals surface area contributed by atoms with Crippen LogP contribution in [0.15, 0.2) is 24.3 Å². The summed E-state index contributed by atoms with van der Waals surface area (Å²) in [5.74, 6) is 0. The fourth-order valence-corrected chi connectivity index (χ4v) is 0.563. The average Bonchev–Trinajstić information content (AvgIpc) is 1.77. The molecule has 2 radical (unpaired) electrons. The van der Waals surface area contributed by atoms with Crippen molar-refractivity contribution in [1.82, 2.24) is 5.73 Å². The van der Waals surface area contributed by atoms with Gasteiger partial charge in [-0.1, -0.05) is 18.2 Å². The average molecular weight is 105 g/mol. The number of hydrogen-bond acceptors (Lipinski definition) is 0. The minimum absolute atomic E-state index is 0.368. The van der Waals surface area contributed by atoms with E-state index in [0.717, 1.165) is 5.56 Å². The Morgan fingerprint density at radius 1 is 1.25 bits per heavy atom. The monoisotopic (exact) mass is 105 g/mol. The molecule has 0 bridgehead atoms. The van der Waals surface area contributed by atoms with Crippen LogP contribution in [0.25, 0.3) is 0 Å². The first-order valence-corrected chi connectivity index (χ1v) is 2.55. The normalized spacial score (nSPS) is 9.12. The molecule has 0 fully saturated rings. The molecule has 0 aliphatic carbocycles. The third-order valence-electron chi connectivity index (χ3n) is 1.12. The van der Waals surface area contributed by atoms with Gasteiger partial charge in [0.05, 0.1) is 5.69 Å². The number of rotatable bonds is 0. The molecule has 1 aromatic carbocycles. The molecule has 0 saturated carbocycles. The van der Waals surface area contributed by atoms with Crippen molar-refractivity contribution in [2.45, 2.75) is 6.92 Å². The summed E-state index contributed by atoms with van der Waals surface area (Å²) in [7, 11) is 0. The summed E-state index contributed by atoms with van der Waals surface area (Å²) in [6.45, 7) is 1.87. The Kier molecular flexibility index (Phi) is 1.20. The van der Waals surface area contributed by atoms with Crippen molar-refractivity contribution in [3.8, 4) is 0 Å². The highest BCUT2D eigenvalue weighted by molar-refractivity contribution is 5.41. The van der Waals surface area contributed by atoms with E-state index in [1.807, 2.05) is 25.1 Å². The van der Waals surface area contributed by atoms with Crippen LogP contribution in [-0.2, 0) is 0 Å². The number of hydrogen-bond donors (Lipinski definition) is 0. The molecule has 1 aromatic rings. The van der Waals surface area contributed by atoms with Crippen LogP contribution in [0, 0.1) is 6.92 Å². The molecule has 0 saturated heterocycles. The maximum atomic E-state index is 8.92. The third kappa shape index (κ3) is 0.808. The van der Waals surface area contributed by atoms with E-state index in [0.29, 0.717) is 5.69 Å². The Morgan fingerprint density at radius 3 is 2.25 bits per heavy atom. The van der Waals surface area contributed by atoms with Gasteiger partial charge in [-0.05, 0) is 18.6 Å². The molecule has 0 aromatic heterocycles. The van der Waals surface area contributed by atoms with E-state index in [-0.39, 0.29) is 0 Å². The van der Waals surface area contributed by atoms with Gasteiger partial charge in [-0.2, -0.15) is 5.73 Å². The Labute approximate surface area is 49.1 Å². The first-order chi connectivity index (χ1) is 3.80. The molecule has 40 valence electrons. The lowest BCUT2D eigenvalue weighted by Crippen LogP contribution is -1.72. The fraction of sp³-hybridized carbons (Fsp3) is 0.143. The lowest BCUT2D eigenvalue weighted by atomic mass is 10.2. The van der Waals surface area contributed by atoms with E-state index in [1.54, 1.807) is 6.07 Å². The van der Waals surface area contributed by atoms with E-state index < -0.39 is 0 Å². The van der Waals surface area contributed by atoms with Gasteiger partial charge in [0.25, 0.3) is 0 Å². The van der Waals surface area contributed by atoms with Gasteiger partial charge in [-0.3, -0.25) is 0 Å². The van der Waals surface area contributed by atoms with Crippen LogP contribution in [0.4, 0.5) is 5.69 Å². The first kappa shape index (κ1) is 5.16. The predicted molar refractivity (Wildman–Crippen MR) is 33.0 cm³/mol. The maximum Gasteiger partial charge on any atom is 0.0886 e. The summed E-state index contributed by atoms with van der Waals surface area (Å²) in [6.07, 6.45) is 0. The van der Waals surface area contributed by atoms with Crippen molar-refractivity contribution < 1.29 is 0 Å². The lowest BCUT2D eigenvalue weighted by molar-refractivity contribution is 1.38. The van der Waals surface area contributed by atoms with Crippen LogP contribution >= 0.6 is 0 Å². The van der Waals surface area contributed by atoms with Crippen LogP contribution in [0.3, 0.4) is 0 Å².